The number of rotatable bonds is 12. The lowest BCUT2D eigenvalue weighted by Gasteiger charge is -2.14. The van der Waals surface area contributed by atoms with Gasteiger partial charge in [-0.2, -0.15) is 0 Å². The number of aryl methyl sites for hydroxylation is 1. The molecule has 0 atom stereocenters. The highest BCUT2D eigenvalue weighted by Gasteiger charge is 2.06. The molecular formula is C24H33FN4O3. The summed E-state index contributed by atoms with van der Waals surface area (Å²) in [5.41, 5.74) is 2.74. The smallest absolute Gasteiger partial charge is 0.224 e. The van der Waals surface area contributed by atoms with Gasteiger partial charge < -0.3 is 25.4 Å². The van der Waals surface area contributed by atoms with E-state index in [-0.39, 0.29) is 18.1 Å². The molecule has 0 radical (unpaired) electrons. The number of benzene rings is 2. The first-order chi connectivity index (χ1) is 15.5. The highest BCUT2D eigenvalue weighted by Crippen LogP contribution is 2.21. The first kappa shape index (κ1) is 25.1. The Morgan fingerprint density at radius 3 is 2.62 bits per heavy atom. The van der Waals surface area contributed by atoms with Crippen LogP contribution in [-0.2, 0) is 22.5 Å². The van der Waals surface area contributed by atoms with Crippen molar-refractivity contribution in [1.29, 1.82) is 0 Å². The summed E-state index contributed by atoms with van der Waals surface area (Å²) in [4.78, 5) is 16.7. The van der Waals surface area contributed by atoms with Gasteiger partial charge >= 0.3 is 0 Å². The number of ether oxygens (including phenoxy) is 2. The number of nitrogens with zero attached hydrogens (tertiary/aromatic N) is 1. The number of aliphatic imine (C=N–C) groups is 1. The molecule has 0 aliphatic rings. The summed E-state index contributed by atoms with van der Waals surface area (Å²) in [6, 6.07) is 12.1. The van der Waals surface area contributed by atoms with Crippen LogP contribution in [0.2, 0.25) is 0 Å². The predicted octanol–water partition coefficient (Wildman–Crippen LogP) is 2.57. The monoisotopic (exact) mass is 444 g/mol. The third-order valence-electron chi connectivity index (χ3n) is 4.51. The van der Waals surface area contributed by atoms with Crippen LogP contribution in [0.3, 0.4) is 0 Å². The van der Waals surface area contributed by atoms with Crippen molar-refractivity contribution < 1.29 is 18.7 Å². The van der Waals surface area contributed by atoms with Gasteiger partial charge in [0.15, 0.2) is 5.96 Å². The highest BCUT2D eigenvalue weighted by molar-refractivity contribution is 5.80. The van der Waals surface area contributed by atoms with E-state index in [0.29, 0.717) is 50.9 Å². The van der Waals surface area contributed by atoms with E-state index in [4.69, 9.17) is 9.47 Å². The van der Waals surface area contributed by atoms with Crippen LogP contribution in [0.5, 0.6) is 5.75 Å². The van der Waals surface area contributed by atoms with Crippen molar-refractivity contribution in [1.82, 2.24) is 16.0 Å². The summed E-state index contributed by atoms with van der Waals surface area (Å²) in [5.74, 6) is 0.947. The third-order valence-corrected chi connectivity index (χ3v) is 4.51. The van der Waals surface area contributed by atoms with Crippen molar-refractivity contribution in [2.45, 2.75) is 26.8 Å². The molecule has 0 aromatic heterocycles. The molecule has 0 heterocycles. The van der Waals surface area contributed by atoms with Crippen LogP contribution in [0.15, 0.2) is 47.5 Å². The second-order valence-corrected chi connectivity index (χ2v) is 7.23. The fraction of sp³-hybridized carbons (Fsp3) is 0.417. The molecule has 7 nitrogen and oxygen atoms in total. The van der Waals surface area contributed by atoms with Crippen molar-refractivity contribution in [3.05, 3.63) is 65.0 Å². The number of halogens is 1. The Kier molecular flexibility index (Phi) is 11.0. The van der Waals surface area contributed by atoms with Crippen molar-refractivity contribution in [3.8, 4) is 5.75 Å². The van der Waals surface area contributed by atoms with Crippen LogP contribution in [0.1, 0.15) is 23.6 Å². The topological polar surface area (TPSA) is 84.0 Å². The second kappa shape index (κ2) is 14.0. The van der Waals surface area contributed by atoms with E-state index >= 15 is 0 Å². The van der Waals surface area contributed by atoms with Gasteiger partial charge in [-0.3, -0.25) is 4.79 Å². The number of guanidine groups is 1. The average molecular weight is 445 g/mol. The lowest BCUT2D eigenvalue weighted by atomic mass is 10.1. The van der Waals surface area contributed by atoms with E-state index in [9.17, 15) is 9.18 Å². The summed E-state index contributed by atoms with van der Waals surface area (Å²) in [5, 5.41) is 9.23. The molecule has 0 saturated carbocycles. The summed E-state index contributed by atoms with van der Waals surface area (Å²) >= 11 is 0. The van der Waals surface area contributed by atoms with Crippen LogP contribution in [-0.4, -0.2) is 51.8 Å². The second-order valence-electron chi connectivity index (χ2n) is 7.23. The summed E-state index contributed by atoms with van der Waals surface area (Å²) in [7, 11) is 1.64. The van der Waals surface area contributed by atoms with E-state index in [0.717, 1.165) is 16.9 Å². The van der Waals surface area contributed by atoms with Gasteiger partial charge in [0, 0.05) is 32.3 Å². The normalized spacial score (nSPS) is 11.2. The third kappa shape index (κ3) is 9.34. The molecule has 2 rings (SSSR count). The zero-order valence-corrected chi connectivity index (χ0v) is 19.0. The van der Waals surface area contributed by atoms with Gasteiger partial charge in [0.25, 0.3) is 0 Å². The van der Waals surface area contributed by atoms with Crippen molar-refractivity contribution in [3.63, 3.8) is 0 Å². The minimum absolute atomic E-state index is 0.144. The van der Waals surface area contributed by atoms with Gasteiger partial charge in [0.1, 0.15) is 18.2 Å². The molecule has 0 fully saturated rings. The van der Waals surface area contributed by atoms with E-state index in [1.807, 2.05) is 32.0 Å². The average Bonchev–Trinajstić information content (AvgIpc) is 2.76. The highest BCUT2D eigenvalue weighted by atomic mass is 19.1. The van der Waals surface area contributed by atoms with Crippen LogP contribution in [0.25, 0.3) is 0 Å². The van der Waals surface area contributed by atoms with E-state index in [1.54, 1.807) is 19.2 Å². The Balaban J connectivity index is 1.84. The Bertz CT molecular complexity index is 889. The van der Waals surface area contributed by atoms with Crippen molar-refractivity contribution >= 4 is 11.9 Å². The van der Waals surface area contributed by atoms with Gasteiger partial charge in [-0.1, -0.05) is 24.3 Å². The molecule has 32 heavy (non-hydrogen) atoms. The zero-order chi connectivity index (χ0) is 23.2. The van der Waals surface area contributed by atoms with Crippen LogP contribution in [0.4, 0.5) is 4.39 Å². The molecule has 174 valence electrons. The maximum absolute atomic E-state index is 13.2. The minimum Gasteiger partial charge on any atom is -0.491 e. The Hall–Kier alpha value is -3.13. The van der Waals surface area contributed by atoms with E-state index in [2.05, 4.69) is 20.9 Å². The van der Waals surface area contributed by atoms with E-state index in [1.165, 1.54) is 12.1 Å². The quantitative estimate of drug-likeness (QED) is 0.266. The molecule has 2 aromatic carbocycles. The number of nitrogens with one attached hydrogen (secondary N) is 3. The molecule has 0 bridgehead atoms. The molecule has 0 aliphatic carbocycles. The molecule has 1 amide bonds. The maximum atomic E-state index is 13.2. The maximum Gasteiger partial charge on any atom is 0.224 e. The van der Waals surface area contributed by atoms with Crippen molar-refractivity contribution in [2.75, 3.05) is 40.0 Å². The van der Waals surface area contributed by atoms with Gasteiger partial charge in [0.05, 0.1) is 19.6 Å². The Morgan fingerprint density at radius 1 is 1.06 bits per heavy atom. The Morgan fingerprint density at radius 2 is 1.88 bits per heavy atom. The first-order valence-electron chi connectivity index (χ1n) is 10.8. The van der Waals surface area contributed by atoms with Gasteiger partial charge in [-0.15, -0.1) is 0 Å². The largest absolute Gasteiger partial charge is 0.491 e. The molecular weight excluding hydrogens is 411 g/mol. The van der Waals surface area contributed by atoms with E-state index < -0.39 is 0 Å². The lowest BCUT2D eigenvalue weighted by molar-refractivity contribution is -0.120. The molecule has 0 spiro atoms. The number of carbonyl (C=O) groups excluding carboxylic acids is 1. The summed E-state index contributed by atoms with van der Waals surface area (Å²) in [6.45, 7) is 7.09. The lowest BCUT2D eigenvalue weighted by Crippen LogP contribution is -2.41. The first-order valence-corrected chi connectivity index (χ1v) is 10.8. The molecule has 3 N–H and O–H groups in total. The Labute approximate surface area is 189 Å². The van der Waals surface area contributed by atoms with Gasteiger partial charge in [-0.05, 0) is 43.2 Å². The summed E-state index contributed by atoms with van der Waals surface area (Å²) < 4.78 is 24.1. The van der Waals surface area contributed by atoms with Gasteiger partial charge in [-0.25, -0.2) is 9.38 Å². The fourth-order valence-corrected chi connectivity index (χ4v) is 2.95. The fourth-order valence-electron chi connectivity index (χ4n) is 2.95. The SMILES string of the molecule is CCNC(=NCc1ccc(C)cc1OCCOC)NCCNC(=O)Cc1cccc(F)c1. The molecule has 8 heteroatoms. The number of amides is 1. The number of methoxy groups -OCH3 is 1. The standard InChI is InChI=1S/C24H33FN4O3/c1-4-26-24(28-11-10-27-23(30)16-19-6-5-7-21(25)15-19)29-17-20-9-8-18(2)14-22(20)32-13-12-31-3/h5-9,14-15H,4,10-13,16-17H2,1-3H3,(H,27,30)(H2,26,28,29). The molecule has 0 aliphatic heterocycles. The minimum atomic E-state index is -0.343. The zero-order valence-electron chi connectivity index (χ0n) is 19.0. The number of hydrogen-bond acceptors (Lipinski definition) is 4. The van der Waals surface area contributed by atoms with Crippen LogP contribution in [0, 0.1) is 12.7 Å². The number of carbonyl (C=O) groups is 1. The van der Waals surface area contributed by atoms with Crippen LogP contribution >= 0.6 is 0 Å². The predicted molar refractivity (Wildman–Crippen MR) is 124 cm³/mol. The number of hydrogen-bond donors (Lipinski definition) is 3. The molecule has 0 unspecified atom stereocenters. The molecule has 0 saturated heterocycles. The van der Waals surface area contributed by atoms with Crippen molar-refractivity contribution in [2.24, 2.45) is 4.99 Å². The van der Waals surface area contributed by atoms with Crippen LogP contribution < -0.4 is 20.7 Å². The van der Waals surface area contributed by atoms with Gasteiger partial charge in [0.2, 0.25) is 5.91 Å². The summed E-state index contributed by atoms with van der Waals surface area (Å²) in [6.07, 6.45) is 0.144. The molecule has 2 aromatic rings.